The van der Waals surface area contributed by atoms with Crippen molar-refractivity contribution in [2.45, 2.75) is 47.0 Å². The Labute approximate surface area is 118 Å². The molecule has 0 aromatic heterocycles. The molecule has 3 nitrogen and oxygen atoms in total. The topological polar surface area (TPSA) is 29.5 Å². The zero-order valence-corrected chi connectivity index (χ0v) is 13.2. The van der Waals surface area contributed by atoms with Gasteiger partial charge >= 0.3 is 0 Å². The first kappa shape index (κ1) is 16.6. The van der Waals surface area contributed by atoms with Crippen molar-refractivity contribution in [3.63, 3.8) is 0 Å². The van der Waals surface area contributed by atoms with Crippen LogP contribution in [-0.4, -0.2) is 43.5 Å². The molecule has 1 heterocycles. The number of nitrogens with zero attached hydrogens (tertiary/aromatic N) is 1. The molecule has 0 spiro atoms. The average molecular weight is 269 g/mol. The van der Waals surface area contributed by atoms with Crippen molar-refractivity contribution in [1.29, 1.82) is 0 Å². The Balaban J connectivity index is 2.39. The van der Waals surface area contributed by atoms with Gasteiger partial charge < -0.3 is 4.74 Å². The summed E-state index contributed by atoms with van der Waals surface area (Å²) in [5.74, 6) is 1.93. The first-order valence-electron chi connectivity index (χ1n) is 7.81. The van der Waals surface area contributed by atoms with E-state index in [9.17, 15) is 4.79 Å². The molecule has 0 aliphatic carbocycles. The highest BCUT2D eigenvalue weighted by Crippen LogP contribution is 2.15. The standard InChI is InChI=1S/C16H31NO2/c1-13(2)5-8-17(9-6-14(3)4)11-16(18)15-7-10-19-12-15/h13-15H,5-12H2,1-4H3. The number of Topliss-reactive ketones (excluding diaryl/α,β-unsaturated/α-hetero) is 1. The number of carbonyl (C=O) groups excluding carboxylic acids is 1. The van der Waals surface area contributed by atoms with Gasteiger partial charge in [-0.05, 0) is 44.2 Å². The molecule has 1 aliphatic heterocycles. The first-order valence-corrected chi connectivity index (χ1v) is 7.81. The van der Waals surface area contributed by atoms with E-state index in [0.717, 1.165) is 26.1 Å². The molecule has 0 radical (unpaired) electrons. The molecule has 1 unspecified atom stereocenters. The summed E-state index contributed by atoms with van der Waals surface area (Å²) in [4.78, 5) is 14.6. The first-order chi connectivity index (χ1) is 8.99. The molecule has 0 aromatic rings. The van der Waals surface area contributed by atoms with Gasteiger partial charge in [0, 0.05) is 12.5 Å². The van der Waals surface area contributed by atoms with Crippen molar-refractivity contribution in [2.24, 2.45) is 17.8 Å². The number of rotatable bonds is 9. The minimum absolute atomic E-state index is 0.153. The SMILES string of the molecule is CC(C)CCN(CCC(C)C)CC(=O)C1CCOC1. The molecule has 0 N–H and O–H groups in total. The molecule has 3 heteroatoms. The third-order valence-corrected chi connectivity index (χ3v) is 3.81. The van der Waals surface area contributed by atoms with Crippen LogP contribution in [0.5, 0.6) is 0 Å². The Morgan fingerprint density at radius 3 is 2.16 bits per heavy atom. The van der Waals surface area contributed by atoms with Crippen molar-refractivity contribution in [3.05, 3.63) is 0 Å². The second kappa shape index (κ2) is 8.70. The number of hydrogen-bond acceptors (Lipinski definition) is 3. The molecule has 0 aromatic carbocycles. The fraction of sp³-hybridized carbons (Fsp3) is 0.938. The molecule has 1 saturated heterocycles. The van der Waals surface area contributed by atoms with E-state index in [0.29, 0.717) is 30.8 Å². The van der Waals surface area contributed by atoms with E-state index in [1.165, 1.54) is 12.8 Å². The maximum atomic E-state index is 12.2. The van der Waals surface area contributed by atoms with Gasteiger partial charge in [-0.25, -0.2) is 0 Å². The molecule has 112 valence electrons. The number of ether oxygens (including phenoxy) is 1. The highest BCUT2D eigenvalue weighted by molar-refractivity contribution is 5.83. The largest absolute Gasteiger partial charge is 0.381 e. The lowest BCUT2D eigenvalue weighted by atomic mass is 10.0. The second-order valence-electron chi connectivity index (χ2n) is 6.67. The summed E-state index contributed by atoms with van der Waals surface area (Å²) < 4.78 is 5.32. The van der Waals surface area contributed by atoms with Gasteiger partial charge in [0.05, 0.1) is 13.2 Å². The van der Waals surface area contributed by atoms with Crippen LogP contribution in [0.25, 0.3) is 0 Å². The third kappa shape index (κ3) is 7.07. The number of hydrogen-bond donors (Lipinski definition) is 0. The van der Waals surface area contributed by atoms with Gasteiger partial charge in [-0.1, -0.05) is 27.7 Å². The van der Waals surface area contributed by atoms with Gasteiger partial charge in [0.1, 0.15) is 0 Å². The van der Waals surface area contributed by atoms with Crippen LogP contribution >= 0.6 is 0 Å². The van der Waals surface area contributed by atoms with Gasteiger partial charge in [-0.2, -0.15) is 0 Å². The summed E-state index contributed by atoms with van der Waals surface area (Å²) in [7, 11) is 0. The molecule has 0 bridgehead atoms. The summed E-state index contributed by atoms with van der Waals surface area (Å²) in [6.45, 7) is 13.1. The monoisotopic (exact) mass is 269 g/mol. The van der Waals surface area contributed by atoms with E-state index in [4.69, 9.17) is 4.74 Å². The molecule has 19 heavy (non-hydrogen) atoms. The average Bonchev–Trinajstić information content (AvgIpc) is 2.85. The van der Waals surface area contributed by atoms with E-state index in [2.05, 4.69) is 32.6 Å². The smallest absolute Gasteiger partial charge is 0.152 e. The summed E-state index contributed by atoms with van der Waals surface area (Å²) in [5.41, 5.74) is 0. The van der Waals surface area contributed by atoms with Crippen LogP contribution < -0.4 is 0 Å². The van der Waals surface area contributed by atoms with Gasteiger partial charge in [0.15, 0.2) is 5.78 Å². The molecule has 0 amide bonds. The Morgan fingerprint density at radius 2 is 1.74 bits per heavy atom. The highest BCUT2D eigenvalue weighted by atomic mass is 16.5. The Morgan fingerprint density at radius 1 is 1.16 bits per heavy atom. The minimum atomic E-state index is 0.153. The molecule has 1 atom stereocenters. The molecule has 0 saturated carbocycles. The van der Waals surface area contributed by atoms with Crippen LogP contribution in [0, 0.1) is 17.8 Å². The van der Waals surface area contributed by atoms with Crippen molar-refractivity contribution < 1.29 is 9.53 Å². The van der Waals surface area contributed by atoms with Crippen LogP contribution in [0.2, 0.25) is 0 Å². The lowest BCUT2D eigenvalue weighted by Gasteiger charge is -2.24. The summed E-state index contributed by atoms with van der Waals surface area (Å²) in [6, 6.07) is 0. The lowest BCUT2D eigenvalue weighted by Crippen LogP contribution is -2.35. The van der Waals surface area contributed by atoms with Crippen molar-refractivity contribution in [1.82, 2.24) is 4.90 Å². The van der Waals surface area contributed by atoms with E-state index < -0.39 is 0 Å². The van der Waals surface area contributed by atoms with Gasteiger partial charge in [0.25, 0.3) is 0 Å². The summed E-state index contributed by atoms with van der Waals surface area (Å²) in [6.07, 6.45) is 3.26. The number of carbonyl (C=O) groups is 1. The zero-order chi connectivity index (χ0) is 14.3. The molecule has 1 fully saturated rings. The third-order valence-electron chi connectivity index (χ3n) is 3.81. The fourth-order valence-electron chi connectivity index (χ4n) is 2.29. The Kier molecular flexibility index (Phi) is 7.62. The maximum Gasteiger partial charge on any atom is 0.152 e. The van der Waals surface area contributed by atoms with Crippen molar-refractivity contribution in [2.75, 3.05) is 32.8 Å². The van der Waals surface area contributed by atoms with Crippen LogP contribution in [0.3, 0.4) is 0 Å². The highest BCUT2D eigenvalue weighted by Gasteiger charge is 2.24. The van der Waals surface area contributed by atoms with Crippen LogP contribution in [-0.2, 0) is 9.53 Å². The molecular weight excluding hydrogens is 238 g/mol. The Bertz CT molecular complexity index is 245. The van der Waals surface area contributed by atoms with E-state index in [1.807, 2.05) is 0 Å². The van der Waals surface area contributed by atoms with Crippen molar-refractivity contribution >= 4 is 5.78 Å². The van der Waals surface area contributed by atoms with Crippen LogP contribution in [0.4, 0.5) is 0 Å². The predicted octanol–water partition coefficient (Wildman–Crippen LogP) is 2.99. The maximum absolute atomic E-state index is 12.2. The van der Waals surface area contributed by atoms with E-state index >= 15 is 0 Å². The Hall–Kier alpha value is -0.410. The van der Waals surface area contributed by atoms with Crippen molar-refractivity contribution in [3.8, 4) is 0 Å². The van der Waals surface area contributed by atoms with Gasteiger partial charge in [0.2, 0.25) is 0 Å². The van der Waals surface area contributed by atoms with E-state index in [-0.39, 0.29) is 5.92 Å². The lowest BCUT2D eigenvalue weighted by molar-refractivity contribution is -0.124. The quantitative estimate of drug-likeness (QED) is 0.644. The predicted molar refractivity (Wildman–Crippen MR) is 79.3 cm³/mol. The molecule has 1 aliphatic rings. The summed E-state index contributed by atoms with van der Waals surface area (Å²) >= 11 is 0. The second-order valence-corrected chi connectivity index (χ2v) is 6.67. The fourth-order valence-corrected chi connectivity index (χ4v) is 2.29. The molecule has 1 rings (SSSR count). The van der Waals surface area contributed by atoms with Crippen LogP contribution in [0.15, 0.2) is 0 Å². The van der Waals surface area contributed by atoms with Gasteiger partial charge in [-0.15, -0.1) is 0 Å². The molecular formula is C16H31NO2. The van der Waals surface area contributed by atoms with Gasteiger partial charge in [-0.3, -0.25) is 9.69 Å². The normalized spacial score (nSPS) is 19.8. The van der Waals surface area contributed by atoms with E-state index in [1.54, 1.807) is 0 Å². The minimum Gasteiger partial charge on any atom is -0.381 e. The van der Waals surface area contributed by atoms with Crippen LogP contribution in [0.1, 0.15) is 47.0 Å². The summed E-state index contributed by atoms with van der Waals surface area (Å²) in [5, 5.41) is 0. The zero-order valence-electron chi connectivity index (χ0n) is 13.2. The number of ketones is 1.